The van der Waals surface area contributed by atoms with Gasteiger partial charge in [0.1, 0.15) is 17.9 Å². The average molecular weight is 790 g/mol. The number of piperidine rings is 1. The van der Waals surface area contributed by atoms with Gasteiger partial charge >= 0.3 is 5.97 Å². The Morgan fingerprint density at radius 1 is 1.00 bits per heavy atom. The lowest BCUT2D eigenvalue weighted by molar-refractivity contribution is -0.274. The first-order chi connectivity index (χ1) is 26.6. The number of rotatable bonds is 7. The number of ketones is 2. The van der Waals surface area contributed by atoms with Crippen LogP contribution < -0.4 is 0 Å². The van der Waals surface area contributed by atoms with E-state index in [4.69, 9.17) is 14.2 Å². The van der Waals surface area contributed by atoms with Gasteiger partial charge in [0.05, 0.1) is 24.4 Å². The fraction of sp³-hybridized carbons (Fsp3) is 0.767. The van der Waals surface area contributed by atoms with Gasteiger partial charge in [-0.2, -0.15) is 0 Å². The Kier molecular flexibility index (Phi) is 17.0. The van der Waals surface area contributed by atoms with E-state index in [-0.39, 0.29) is 69.0 Å². The molecule has 13 nitrogen and oxygen atoms in total. The molecule has 0 aromatic heterocycles. The normalized spacial score (nSPS) is 39.2. The molecule has 0 radical (unpaired) electrons. The molecule has 2 saturated heterocycles. The number of aliphatic hydroxyl groups is 5. The Hall–Kier alpha value is -2.78. The zero-order chi connectivity index (χ0) is 41.3. The van der Waals surface area contributed by atoms with Crippen LogP contribution in [0.5, 0.6) is 0 Å². The molecule has 4 rings (SSSR count). The standard InChI is InChI=1S/C43H67NO12/c1-7-10-30-18-25(2)17-26(3)19-37(54-6)39-31(23-45)14-15-43(53,56-39)40(50)41(51)44-16-9-8-11-33(44)42(52)55-38(28(5)35(48)22-36(30)49)27(4)20-29-12-13-34(47)32(21-29)24-46/h7,18,20,26,28-35,37-39,45-48,53H,1,8-17,19,21-24H2,2-6H3/t26-,28+,29-,30+,31+,32-,33?,34+,35-,37-,38+,39-,43+/m0/s1. The molecular weight excluding hydrogens is 722 g/mol. The highest BCUT2D eigenvalue weighted by Gasteiger charge is 2.52. The van der Waals surface area contributed by atoms with E-state index in [0.717, 1.165) is 10.5 Å². The molecule has 13 heteroatoms. The van der Waals surface area contributed by atoms with E-state index in [1.807, 2.05) is 26.0 Å². The Bertz CT molecular complexity index is 1450. The van der Waals surface area contributed by atoms with Crippen molar-refractivity contribution in [1.29, 1.82) is 0 Å². The van der Waals surface area contributed by atoms with Crippen molar-refractivity contribution in [3.8, 4) is 0 Å². The van der Waals surface area contributed by atoms with Crippen LogP contribution in [-0.2, 0) is 33.4 Å². The summed E-state index contributed by atoms with van der Waals surface area (Å²) in [5.41, 5.74) is 1.55. The largest absolute Gasteiger partial charge is 0.456 e. The molecule has 4 aliphatic rings. The van der Waals surface area contributed by atoms with Crippen molar-refractivity contribution in [1.82, 2.24) is 4.90 Å². The number of hydrogen-bond acceptors (Lipinski definition) is 12. The first-order valence-electron chi connectivity index (χ1n) is 20.6. The Labute approximate surface area is 332 Å². The molecule has 3 heterocycles. The van der Waals surface area contributed by atoms with Crippen molar-refractivity contribution in [3.63, 3.8) is 0 Å². The number of fused-ring (bicyclic) bond motifs is 3. The van der Waals surface area contributed by atoms with Crippen molar-refractivity contribution in [2.45, 2.75) is 147 Å². The summed E-state index contributed by atoms with van der Waals surface area (Å²) in [6, 6.07) is -1.16. The first kappa shape index (κ1) is 45.9. The van der Waals surface area contributed by atoms with Gasteiger partial charge < -0.3 is 44.6 Å². The highest BCUT2D eigenvalue weighted by Crippen LogP contribution is 2.38. The molecule has 5 N–H and O–H groups in total. The van der Waals surface area contributed by atoms with Crippen LogP contribution in [0.25, 0.3) is 0 Å². The number of allylic oxidation sites excluding steroid dienone is 4. The van der Waals surface area contributed by atoms with Crippen LogP contribution >= 0.6 is 0 Å². The van der Waals surface area contributed by atoms with E-state index in [2.05, 4.69) is 6.58 Å². The average Bonchev–Trinajstić information content (AvgIpc) is 3.18. The summed E-state index contributed by atoms with van der Waals surface area (Å²) >= 11 is 0. The summed E-state index contributed by atoms with van der Waals surface area (Å²) in [6.45, 7) is 10.9. The summed E-state index contributed by atoms with van der Waals surface area (Å²) in [4.78, 5) is 57.2. The van der Waals surface area contributed by atoms with E-state index in [1.54, 1.807) is 19.9 Å². The van der Waals surface area contributed by atoms with Crippen LogP contribution in [0.3, 0.4) is 0 Å². The molecule has 0 spiro atoms. The number of carbonyl (C=O) groups is 4. The number of Topliss-reactive ketones (excluding diaryl/α,β-unsaturated/α-hetero) is 2. The second-order valence-corrected chi connectivity index (χ2v) is 17.1. The molecular formula is C43H67NO12. The van der Waals surface area contributed by atoms with Crippen molar-refractivity contribution >= 4 is 23.4 Å². The maximum absolute atomic E-state index is 14.2. The lowest BCUT2D eigenvalue weighted by atomic mass is 9.78. The number of cyclic esters (lactones) is 1. The minimum Gasteiger partial charge on any atom is -0.456 e. The number of hydrogen-bond donors (Lipinski definition) is 5. The van der Waals surface area contributed by atoms with Gasteiger partial charge in [-0.25, -0.2) is 4.79 Å². The second kappa shape index (κ2) is 20.8. The predicted molar refractivity (Wildman–Crippen MR) is 208 cm³/mol. The van der Waals surface area contributed by atoms with Gasteiger partial charge in [-0.1, -0.05) is 37.6 Å². The smallest absolute Gasteiger partial charge is 0.329 e. The highest BCUT2D eigenvalue weighted by molar-refractivity contribution is 6.39. The van der Waals surface area contributed by atoms with E-state index in [1.165, 1.54) is 7.11 Å². The number of carbonyl (C=O) groups excluding carboxylic acids is 4. The molecule has 3 fully saturated rings. The summed E-state index contributed by atoms with van der Waals surface area (Å²) in [6.07, 6.45) is 5.12. The molecule has 3 aliphatic heterocycles. The van der Waals surface area contributed by atoms with Gasteiger partial charge in [-0.3, -0.25) is 14.4 Å². The fourth-order valence-electron chi connectivity index (χ4n) is 9.32. The van der Waals surface area contributed by atoms with Gasteiger partial charge in [-0.05, 0) is 95.5 Å². The van der Waals surface area contributed by atoms with Crippen molar-refractivity contribution < 1.29 is 58.9 Å². The Morgan fingerprint density at radius 2 is 1.71 bits per heavy atom. The number of methoxy groups -OCH3 is 1. The number of ether oxygens (including phenoxy) is 3. The summed E-state index contributed by atoms with van der Waals surface area (Å²) in [5, 5.41) is 53.9. The summed E-state index contributed by atoms with van der Waals surface area (Å²) in [5.74, 6) is -7.93. The number of amides is 1. The van der Waals surface area contributed by atoms with Crippen molar-refractivity contribution in [2.75, 3.05) is 26.9 Å². The molecule has 1 aliphatic carbocycles. The molecule has 1 unspecified atom stereocenters. The van der Waals surface area contributed by atoms with E-state index in [9.17, 15) is 44.7 Å². The zero-order valence-corrected chi connectivity index (χ0v) is 34.0. The third-order valence-corrected chi connectivity index (χ3v) is 12.7. The number of aliphatic hydroxyl groups excluding tert-OH is 4. The lowest BCUT2D eigenvalue weighted by Crippen LogP contribution is -2.60. The molecule has 1 amide bonds. The fourth-order valence-corrected chi connectivity index (χ4v) is 9.32. The highest BCUT2D eigenvalue weighted by atomic mass is 16.6. The molecule has 0 aromatic carbocycles. The number of nitrogens with zero attached hydrogens (tertiary/aromatic N) is 1. The van der Waals surface area contributed by atoms with Gasteiger partial charge in [0, 0.05) is 63.4 Å². The van der Waals surface area contributed by atoms with Gasteiger partial charge in [0.15, 0.2) is 0 Å². The van der Waals surface area contributed by atoms with Crippen LogP contribution in [0.2, 0.25) is 0 Å². The van der Waals surface area contributed by atoms with E-state index < -0.39 is 77.8 Å². The summed E-state index contributed by atoms with van der Waals surface area (Å²) in [7, 11) is 1.49. The van der Waals surface area contributed by atoms with E-state index in [0.29, 0.717) is 56.9 Å². The maximum atomic E-state index is 14.2. The lowest BCUT2D eigenvalue weighted by Gasteiger charge is -2.44. The minimum absolute atomic E-state index is 0.0152. The minimum atomic E-state index is -2.51. The first-order valence-corrected chi connectivity index (χ1v) is 20.6. The predicted octanol–water partition coefficient (Wildman–Crippen LogP) is 3.58. The molecule has 1 saturated carbocycles. The monoisotopic (exact) mass is 789 g/mol. The molecule has 56 heavy (non-hydrogen) atoms. The third-order valence-electron chi connectivity index (χ3n) is 12.7. The van der Waals surface area contributed by atoms with Gasteiger partial charge in [0.25, 0.3) is 11.7 Å². The van der Waals surface area contributed by atoms with Gasteiger partial charge in [-0.15, -0.1) is 6.58 Å². The van der Waals surface area contributed by atoms with Crippen LogP contribution in [0.1, 0.15) is 105 Å². The Morgan fingerprint density at radius 3 is 2.38 bits per heavy atom. The third kappa shape index (κ3) is 11.2. The van der Waals surface area contributed by atoms with Crippen LogP contribution in [0.15, 0.2) is 36.0 Å². The molecule has 13 atom stereocenters. The molecule has 2 bridgehead atoms. The van der Waals surface area contributed by atoms with Crippen molar-refractivity contribution in [3.05, 3.63) is 36.0 Å². The second-order valence-electron chi connectivity index (χ2n) is 17.1. The van der Waals surface area contributed by atoms with Crippen LogP contribution in [0.4, 0.5) is 0 Å². The topological polar surface area (TPSA) is 200 Å². The molecule has 316 valence electrons. The van der Waals surface area contributed by atoms with Gasteiger partial charge in [0.2, 0.25) is 5.79 Å². The quantitative estimate of drug-likeness (QED) is 0.143. The Balaban J connectivity index is 1.76. The van der Waals surface area contributed by atoms with Crippen LogP contribution in [0, 0.1) is 35.5 Å². The summed E-state index contributed by atoms with van der Waals surface area (Å²) < 4.78 is 18.2. The van der Waals surface area contributed by atoms with Crippen molar-refractivity contribution in [2.24, 2.45) is 35.5 Å². The SMILES string of the molecule is C=CC[C@@H]1C=C(C)C[C@H](C)C[C@H](OC)[C@H]2O[C@](O)(CC[C@@H]2CO)C(=O)C(=O)N2CCCCC2C(=O)O[C@H](C(C)=C[C@@H]2CC[C@@H](O)[C@H](CO)C2)[C@H](C)[C@@H](O)CC1=O. The maximum Gasteiger partial charge on any atom is 0.329 e. The number of esters is 1. The zero-order valence-electron chi connectivity index (χ0n) is 34.0. The molecule has 0 aromatic rings. The van der Waals surface area contributed by atoms with Crippen LogP contribution in [-0.4, -0.2) is 123 Å². The van der Waals surface area contributed by atoms with E-state index >= 15 is 0 Å².